The van der Waals surface area contributed by atoms with Gasteiger partial charge in [0, 0.05) is 31.1 Å². The molecule has 1 aliphatic heterocycles. The average molecular weight is 399 g/mol. The van der Waals surface area contributed by atoms with Crippen LogP contribution in [0, 0.1) is 11.3 Å². The predicted octanol–water partition coefficient (Wildman–Crippen LogP) is 2.54. The topological polar surface area (TPSA) is 75.4 Å². The molecule has 1 saturated heterocycles. The van der Waals surface area contributed by atoms with Crippen LogP contribution in [0.15, 0.2) is 6.33 Å². The minimum atomic E-state index is -0.0877. The van der Waals surface area contributed by atoms with Gasteiger partial charge in [-0.25, -0.2) is 14.5 Å². The highest BCUT2D eigenvalue weighted by Crippen LogP contribution is 2.43. The van der Waals surface area contributed by atoms with Gasteiger partial charge in [0.2, 0.25) is 5.82 Å². The van der Waals surface area contributed by atoms with Crippen LogP contribution in [0.2, 0.25) is 0 Å². The molecule has 7 nitrogen and oxygen atoms in total. The Morgan fingerprint density at radius 1 is 1.29 bits per heavy atom. The van der Waals surface area contributed by atoms with Crippen molar-refractivity contribution in [2.75, 3.05) is 26.2 Å². The van der Waals surface area contributed by atoms with E-state index in [1.807, 2.05) is 4.90 Å². The van der Waals surface area contributed by atoms with E-state index in [0.717, 1.165) is 41.8 Å². The SMILES string of the molecule is CC(C)(C)[C@@H]1CCc2c(sc3ncn4nc(C(=O)N5CCNCC5)nc4c23)C1. The zero-order chi connectivity index (χ0) is 19.5. The van der Waals surface area contributed by atoms with Crippen molar-refractivity contribution in [3.63, 3.8) is 0 Å². The number of hydrogen-bond acceptors (Lipinski definition) is 6. The zero-order valence-corrected chi connectivity index (χ0v) is 17.5. The van der Waals surface area contributed by atoms with Crippen LogP contribution >= 0.6 is 11.3 Å². The number of fused-ring (bicyclic) bond motifs is 5. The smallest absolute Gasteiger partial charge is 0.293 e. The van der Waals surface area contributed by atoms with Crippen molar-refractivity contribution < 1.29 is 4.79 Å². The molecular formula is C20H26N6OS. The Morgan fingerprint density at radius 3 is 2.82 bits per heavy atom. The second-order valence-electron chi connectivity index (χ2n) is 8.98. The molecule has 1 aliphatic carbocycles. The van der Waals surface area contributed by atoms with Gasteiger partial charge in [0.05, 0.1) is 5.39 Å². The second kappa shape index (κ2) is 6.49. The van der Waals surface area contributed by atoms with Crippen LogP contribution in [-0.4, -0.2) is 56.6 Å². The highest BCUT2D eigenvalue weighted by Gasteiger charge is 2.32. The van der Waals surface area contributed by atoms with Gasteiger partial charge >= 0.3 is 0 Å². The fourth-order valence-corrected chi connectivity index (χ4v) is 5.68. The molecule has 3 aromatic heterocycles. The van der Waals surface area contributed by atoms with Gasteiger partial charge in [0.25, 0.3) is 5.91 Å². The predicted molar refractivity (Wildman–Crippen MR) is 110 cm³/mol. The van der Waals surface area contributed by atoms with Gasteiger partial charge in [-0.05, 0) is 36.2 Å². The molecule has 1 fully saturated rings. The molecule has 3 aromatic rings. The normalized spacial score (nSPS) is 20.7. The first-order chi connectivity index (χ1) is 13.4. The van der Waals surface area contributed by atoms with E-state index in [-0.39, 0.29) is 11.7 Å². The molecule has 148 valence electrons. The van der Waals surface area contributed by atoms with Crippen LogP contribution in [0.4, 0.5) is 0 Å². The van der Waals surface area contributed by atoms with Crippen LogP contribution in [0.3, 0.4) is 0 Å². The Morgan fingerprint density at radius 2 is 2.07 bits per heavy atom. The van der Waals surface area contributed by atoms with Gasteiger partial charge in [-0.1, -0.05) is 20.8 Å². The van der Waals surface area contributed by atoms with E-state index < -0.39 is 0 Å². The number of piperazine rings is 1. The monoisotopic (exact) mass is 398 g/mol. The number of nitrogens with zero attached hydrogens (tertiary/aromatic N) is 5. The highest BCUT2D eigenvalue weighted by molar-refractivity contribution is 7.19. The molecule has 1 atom stereocenters. The average Bonchev–Trinajstić information content (AvgIpc) is 3.27. The first-order valence-corrected chi connectivity index (χ1v) is 10.9. The first-order valence-electron chi connectivity index (χ1n) is 10.1. The summed E-state index contributed by atoms with van der Waals surface area (Å²) in [4.78, 5) is 26.4. The number of aryl methyl sites for hydroxylation is 1. The van der Waals surface area contributed by atoms with Crippen molar-refractivity contribution in [3.8, 4) is 0 Å². The standard InChI is InChI=1S/C20H26N6OS/c1-20(2,3)12-4-5-13-14(10-12)28-18-15(13)17-23-16(24-26(17)11-22-18)19(27)25-8-6-21-7-9-25/h11-12,21H,4-10H2,1-3H3/t12-/m1/s1. The summed E-state index contributed by atoms with van der Waals surface area (Å²) in [6, 6.07) is 0. The van der Waals surface area contributed by atoms with Gasteiger partial charge in [-0.15, -0.1) is 16.4 Å². The number of rotatable bonds is 1. The minimum Gasteiger partial charge on any atom is -0.333 e. The lowest BCUT2D eigenvalue weighted by molar-refractivity contribution is 0.0723. The van der Waals surface area contributed by atoms with Crippen LogP contribution < -0.4 is 5.32 Å². The van der Waals surface area contributed by atoms with Gasteiger partial charge in [0.15, 0.2) is 5.65 Å². The van der Waals surface area contributed by atoms with E-state index in [1.54, 1.807) is 22.2 Å². The van der Waals surface area contributed by atoms with Crippen molar-refractivity contribution in [1.82, 2.24) is 29.8 Å². The summed E-state index contributed by atoms with van der Waals surface area (Å²) in [5, 5.41) is 8.82. The molecule has 28 heavy (non-hydrogen) atoms. The summed E-state index contributed by atoms with van der Waals surface area (Å²) in [5.74, 6) is 0.876. The van der Waals surface area contributed by atoms with Crippen molar-refractivity contribution in [1.29, 1.82) is 0 Å². The molecule has 0 spiro atoms. The molecule has 1 amide bonds. The first kappa shape index (κ1) is 18.0. The minimum absolute atomic E-state index is 0.0877. The van der Waals surface area contributed by atoms with Crippen LogP contribution in [-0.2, 0) is 12.8 Å². The fourth-order valence-electron chi connectivity index (χ4n) is 4.41. The van der Waals surface area contributed by atoms with Gasteiger partial charge in [0.1, 0.15) is 11.2 Å². The maximum absolute atomic E-state index is 12.8. The maximum Gasteiger partial charge on any atom is 0.293 e. The van der Waals surface area contributed by atoms with Crippen LogP contribution in [0.5, 0.6) is 0 Å². The summed E-state index contributed by atoms with van der Waals surface area (Å²) in [6.45, 7) is 10.0. The lowest BCUT2D eigenvalue weighted by Crippen LogP contribution is -2.46. The maximum atomic E-state index is 12.8. The highest BCUT2D eigenvalue weighted by atomic mass is 32.1. The summed E-state index contributed by atoms with van der Waals surface area (Å²) < 4.78 is 1.68. The second-order valence-corrected chi connectivity index (χ2v) is 10.1. The molecule has 0 aromatic carbocycles. The van der Waals surface area contributed by atoms with Gasteiger partial charge in [-0.3, -0.25) is 4.79 Å². The number of thiophene rings is 1. The lowest BCUT2D eigenvalue weighted by Gasteiger charge is -2.33. The fraction of sp³-hybridized carbons (Fsp3) is 0.600. The molecule has 1 N–H and O–H groups in total. The van der Waals surface area contributed by atoms with E-state index in [0.29, 0.717) is 24.4 Å². The quantitative estimate of drug-likeness (QED) is 0.682. The van der Waals surface area contributed by atoms with Crippen LogP contribution in [0.25, 0.3) is 15.9 Å². The van der Waals surface area contributed by atoms with E-state index in [1.165, 1.54) is 16.9 Å². The largest absolute Gasteiger partial charge is 0.333 e. The third-order valence-corrected chi connectivity index (χ3v) is 7.37. The molecule has 0 unspecified atom stereocenters. The van der Waals surface area contributed by atoms with Crippen molar-refractivity contribution in [3.05, 3.63) is 22.6 Å². The molecule has 5 rings (SSSR count). The Bertz CT molecular complexity index is 1060. The number of amides is 1. The Hall–Kier alpha value is -2.06. The zero-order valence-electron chi connectivity index (χ0n) is 16.7. The molecular weight excluding hydrogens is 372 g/mol. The van der Waals surface area contributed by atoms with Gasteiger partial charge < -0.3 is 10.2 Å². The Labute approximate surface area is 168 Å². The number of nitrogens with one attached hydrogen (secondary N) is 1. The van der Waals surface area contributed by atoms with Gasteiger partial charge in [-0.2, -0.15) is 0 Å². The summed E-state index contributed by atoms with van der Waals surface area (Å²) >= 11 is 1.78. The molecule has 0 bridgehead atoms. The van der Waals surface area contributed by atoms with E-state index in [4.69, 9.17) is 0 Å². The van der Waals surface area contributed by atoms with Crippen molar-refractivity contribution >= 4 is 33.1 Å². The molecule has 8 heteroatoms. The third kappa shape index (κ3) is 2.90. The summed E-state index contributed by atoms with van der Waals surface area (Å²) in [6.07, 6.45) is 5.03. The third-order valence-electron chi connectivity index (χ3n) is 6.21. The van der Waals surface area contributed by atoms with Crippen molar-refractivity contribution in [2.45, 2.75) is 40.0 Å². The summed E-state index contributed by atoms with van der Waals surface area (Å²) in [7, 11) is 0. The number of aromatic nitrogens is 4. The summed E-state index contributed by atoms with van der Waals surface area (Å²) in [5.41, 5.74) is 2.45. The van der Waals surface area contributed by atoms with E-state index >= 15 is 0 Å². The molecule has 0 saturated carbocycles. The van der Waals surface area contributed by atoms with E-state index in [2.05, 4.69) is 41.2 Å². The van der Waals surface area contributed by atoms with Crippen LogP contribution in [0.1, 0.15) is 48.3 Å². The molecule has 0 radical (unpaired) electrons. The number of carbonyl (C=O) groups is 1. The van der Waals surface area contributed by atoms with Crippen molar-refractivity contribution in [2.24, 2.45) is 11.3 Å². The lowest BCUT2D eigenvalue weighted by atomic mass is 9.72. The molecule has 4 heterocycles. The van der Waals surface area contributed by atoms with E-state index in [9.17, 15) is 4.79 Å². The Balaban J connectivity index is 1.56. The number of carbonyl (C=O) groups excluding carboxylic acids is 1. The Kier molecular flexibility index (Phi) is 4.17. The molecule has 2 aliphatic rings. The number of hydrogen-bond donors (Lipinski definition) is 1.